The Morgan fingerprint density at radius 2 is 1.55 bits per heavy atom. The summed E-state index contributed by atoms with van der Waals surface area (Å²) in [5.41, 5.74) is 12.8. The first-order chi connectivity index (χ1) is 4.86. The van der Waals surface area contributed by atoms with Crippen molar-refractivity contribution >= 4 is 17.4 Å². The Bertz CT molecular complexity index is 194. The van der Waals surface area contributed by atoms with Crippen molar-refractivity contribution in [1.82, 2.24) is 0 Å². The predicted octanol–water partition coefficient (Wildman–Crippen LogP) is -0.780. The molecule has 1 aromatic rings. The average molecular weight is 165 g/mol. The molecule has 0 atom stereocenters. The highest BCUT2D eigenvalue weighted by Gasteiger charge is 1.90. The van der Waals surface area contributed by atoms with Gasteiger partial charge >= 0.3 is 0 Å². The summed E-state index contributed by atoms with van der Waals surface area (Å²) >= 11 is 0. The fourth-order valence-electron chi connectivity index (χ4n) is 0.808. The van der Waals surface area contributed by atoms with E-state index in [0.717, 1.165) is 11.1 Å². The van der Waals surface area contributed by atoms with E-state index in [0.29, 0.717) is 13.1 Å². The summed E-state index contributed by atoms with van der Waals surface area (Å²) in [5, 5.41) is 0. The number of hydrogen-bond donors (Lipinski definition) is 2. The van der Waals surface area contributed by atoms with Crippen LogP contribution in [0.4, 0.5) is 0 Å². The lowest BCUT2D eigenvalue weighted by atomic mass is 10.1. The third-order valence-electron chi connectivity index (χ3n) is 1.36. The van der Waals surface area contributed by atoms with Crippen molar-refractivity contribution in [2.75, 3.05) is 0 Å². The zero-order valence-electron chi connectivity index (χ0n) is 5.80. The van der Waals surface area contributed by atoms with Gasteiger partial charge in [-0.3, -0.25) is 0 Å². The van der Waals surface area contributed by atoms with E-state index in [2.05, 4.69) is 6.07 Å². The maximum absolute atomic E-state index is 5.40. The molecule has 0 saturated carbocycles. The zero-order chi connectivity index (χ0) is 7.40. The molecular formula is C8H14AlN2. The Hall–Kier alpha value is -0.328. The third kappa shape index (κ3) is 3.05. The Morgan fingerprint density at radius 1 is 1.09 bits per heavy atom. The molecule has 1 rings (SSSR count). The minimum atomic E-state index is 0. The molecule has 0 aliphatic rings. The third-order valence-corrected chi connectivity index (χ3v) is 1.36. The quantitative estimate of drug-likeness (QED) is 0.565. The first-order valence-electron chi connectivity index (χ1n) is 3.27. The molecule has 0 aliphatic carbocycles. The van der Waals surface area contributed by atoms with Crippen LogP contribution in [0.2, 0.25) is 0 Å². The van der Waals surface area contributed by atoms with Crippen LogP contribution < -0.4 is 11.5 Å². The van der Waals surface area contributed by atoms with E-state index in [1.807, 2.05) is 18.2 Å². The summed E-state index contributed by atoms with van der Waals surface area (Å²) in [5.74, 6) is 0. The highest BCUT2D eigenvalue weighted by atomic mass is 27.0. The minimum absolute atomic E-state index is 0. The molecule has 0 aromatic heterocycles. The molecule has 3 heteroatoms. The van der Waals surface area contributed by atoms with Crippen molar-refractivity contribution in [2.45, 2.75) is 13.1 Å². The van der Waals surface area contributed by atoms with Crippen LogP contribution in [-0.2, 0) is 13.1 Å². The van der Waals surface area contributed by atoms with Crippen LogP contribution in [0.5, 0.6) is 0 Å². The number of nitrogens with two attached hydrogens (primary N) is 2. The summed E-state index contributed by atoms with van der Waals surface area (Å²) in [6.07, 6.45) is 0. The minimum Gasteiger partial charge on any atom is -0.326 e. The lowest BCUT2D eigenvalue weighted by Gasteiger charge is -1.97. The van der Waals surface area contributed by atoms with Gasteiger partial charge in [0.25, 0.3) is 0 Å². The highest BCUT2D eigenvalue weighted by Crippen LogP contribution is 2.01. The van der Waals surface area contributed by atoms with Gasteiger partial charge in [-0.15, -0.1) is 0 Å². The summed E-state index contributed by atoms with van der Waals surface area (Å²) in [4.78, 5) is 0. The average Bonchev–Trinajstić information content (AvgIpc) is 2.05. The summed E-state index contributed by atoms with van der Waals surface area (Å²) in [6.45, 7) is 1.07. The van der Waals surface area contributed by atoms with Gasteiger partial charge in [0.15, 0.2) is 17.4 Å². The molecule has 2 nitrogen and oxygen atoms in total. The van der Waals surface area contributed by atoms with Crippen molar-refractivity contribution in [1.29, 1.82) is 0 Å². The van der Waals surface area contributed by atoms with Crippen molar-refractivity contribution in [3.05, 3.63) is 35.4 Å². The summed E-state index contributed by atoms with van der Waals surface area (Å²) in [6, 6.07) is 8.93. The molecule has 0 unspecified atom stereocenters. The van der Waals surface area contributed by atoms with E-state index < -0.39 is 0 Å². The van der Waals surface area contributed by atoms with Crippen molar-refractivity contribution in [3.8, 4) is 0 Å². The summed E-state index contributed by atoms with van der Waals surface area (Å²) < 4.78 is 0. The van der Waals surface area contributed by atoms with Crippen molar-refractivity contribution in [2.24, 2.45) is 11.5 Å². The van der Waals surface area contributed by atoms with Gasteiger partial charge < -0.3 is 11.5 Å². The molecule has 1 radical (unpaired) electrons. The molecule has 0 heterocycles. The normalized spacial score (nSPS) is 8.91. The van der Waals surface area contributed by atoms with Crippen molar-refractivity contribution < 1.29 is 0 Å². The van der Waals surface area contributed by atoms with Crippen LogP contribution in [0, 0.1) is 6.07 Å². The van der Waals surface area contributed by atoms with E-state index in [1.54, 1.807) is 0 Å². The van der Waals surface area contributed by atoms with Gasteiger partial charge in [0.1, 0.15) is 0 Å². The van der Waals surface area contributed by atoms with E-state index in [4.69, 9.17) is 11.5 Å². The van der Waals surface area contributed by atoms with Gasteiger partial charge in [-0.1, -0.05) is 18.2 Å². The lowest BCUT2D eigenvalue weighted by molar-refractivity contribution is 1.02. The second kappa shape index (κ2) is 5.34. The Kier molecular flexibility index (Phi) is 5.18. The SMILES string of the molecule is NCc1[c]c(CN)ccc1.[AlH3]. The molecule has 0 aliphatic heterocycles. The maximum Gasteiger partial charge on any atom is 0.187 e. The van der Waals surface area contributed by atoms with E-state index in [1.165, 1.54) is 0 Å². The first-order valence-corrected chi connectivity index (χ1v) is 3.27. The van der Waals surface area contributed by atoms with Crippen LogP contribution in [0.25, 0.3) is 0 Å². The van der Waals surface area contributed by atoms with Gasteiger partial charge in [0.2, 0.25) is 0 Å². The molecule has 0 fully saturated rings. The zero-order valence-corrected chi connectivity index (χ0v) is 5.80. The predicted molar refractivity (Wildman–Crippen MR) is 51.0 cm³/mol. The Morgan fingerprint density at radius 3 is 1.91 bits per heavy atom. The molecular weight excluding hydrogens is 151 g/mol. The van der Waals surface area contributed by atoms with Gasteiger partial charge in [0, 0.05) is 13.1 Å². The maximum atomic E-state index is 5.40. The van der Waals surface area contributed by atoms with Crippen LogP contribution in [-0.4, -0.2) is 17.4 Å². The number of rotatable bonds is 2. The molecule has 59 valence electrons. The fourth-order valence-corrected chi connectivity index (χ4v) is 0.808. The topological polar surface area (TPSA) is 52.0 Å². The van der Waals surface area contributed by atoms with E-state index >= 15 is 0 Å². The van der Waals surface area contributed by atoms with Crippen LogP contribution in [0.15, 0.2) is 18.2 Å². The van der Waals surface area contributed by atoms with Gasteiger partial charge in [0.05, 0.1) is 0 Å². The van der Waals surface area contributed by atoms with Gasteiger partial charge in [-0.2, -0.15) is 0 Å². The van der Waals surface area contributed by atoms with Crippen LogP contribution >= 0.6 is 0 Å². The van der Waals surface area contributed by atoms with Crippen LogP contribution in [0.3, 0.4) is 0 Å². The molecule has 0 bridgehead atoms. The van der Waals surface area contributed by atoms with Gasteiger partial charge in [-0.05, 0) is 17.2 Å². The molecule has 0 amide bonds. The second-order valence-corrected chi connectivity index (χ2v) is 2.11. The smallest absolute Gasteiger partial charge is 0.187 e. The molecule has 0 saturated heterocycles. The molecule has 4 N–H and O–H groups in total. The summed E-state index contributed by atoms with van der Waals surface area (Å²) in [7, 11) is 0. The van der Waals surface area contributed by atoms with Gasteiger partial charge in [-0.25, -0.2) is 0 Å². The number of benzene rings is 1. The highest BCUT2D eigenvalue weighted by molar-refractivity contribution is 5.75. The lowest BCUT2D eigenvalue weighted by Crippen LogP contribution is -2.00. The first kappa shape index (κ1) is 10.7. The fraction of sp³-hybridized carbons (Fsp3) is 0.250. The van der Waals surface area contributed by atoms with E-state index in [9.17, 15) is 0 Å². The standard InChI is InChI=1S/C8H11N2.Al.3H/c9-5-7-2-1-3-8(4-7)6-10;;;;/h1-3H,5-6,9-10H2;;;;. The van der Waals surface area contributed by atoms with E-state index in [-0.39, 0.29) is 17.4 Å². The Labute approximate surface area is 77.7 Å². The van der Waals surface area contributed by atoms with Crippen molar-refractivity contribution in [3.63, 3.8) is 0 Å². The largest absolute Gasteiger partial charge is 0.326 e. The molecule has 1 aromatic carbocycles. The second-order valence-electron chi connectivity index (χ2n) is 2.11. The van der Waals surface area contributed by atoms with Crippen LogP contribution in [0.1, 0.15) is 11.1 Å². The number of hydrogen-bond acceptors (Lipinski definition) is 2. The Balaban J connectivity index is 0.000001000. The molecule has 11 heavy (non-hydrogen) atoms. The molecule has 0 spiro atoms. The monoisotopic (exact) mass is 165 g/mol.